The quantitative estimate of drug-likeness (QED) is 0.758. The minimum atomic E-state index is -0.599. The molecule has 1 aliphatic rings. The lowest BCUT2D eigenvalue weighted by molar-refractivity contribution is -0.124. The summed E-state index contributed by atoms with van der Waals surface area (Å²) in [6.45, 7) is 0.835. The van der Waals surface area contributed by atoms with Gasteiger partial charge in [0.05, 0.1) is 25.9 Å². The second kappa shape index (κ2) is 8.38. The van der Waals surface area contributed by atoms with Crippen LogP contribution in [-0.2, 0) is 14.3 Å². The van der Waals surface area contributed by atoms with Crippen molar-refractivity contribution in [3.63, 3.8) is 0 Å². The molecule has 1 N–H and O–H groups in total. The van der Waals surface area contributed by atoms with E-state index in [-0.39, 0.29) is 24.2 Å². The first-order chi connectivity index (χ1) is 11.1. The topological polar surface area (TPSA) is 83.1 Å². The van der Waals surface area contributed by atoms with E-state index < -0.39 is 5.97 Å². The fourth-order valence-corrected chi connectivity index (χ4v) is 2.26. The van der Waals surface area contributed by atoms with Crippen LogP contribution < -0.4 is 14.8 Å². The van der Waals surface area contributed by atoms with Crippen molar-refractivity contribution in [2.75, 3.05) is 34.0 Å². The Balaban J connectivity index is 1.80. The molecule has 2 rings (SSSR count). The van der Waals surface area contributed by atoms with Gasteiger partial charge in [0, 0.05) is 13.2 Å². The van der Waals surface area contributed by atoms with Crippen molar-refractivity contribution in [2.24, 2.45) is 0 Å². The first-order valence-electron chi connectivity index (χ1n) is 7.41. The minimum Gasteiger partial charge on any atom is -0.493 e. The van der Waals surface area contributed by atoms with Crippen LogP contribution in [0.2, 0.25) is 0 Å². The number of nitrogens with one attached hydrogen (secondary N) is 1. The van der Waals surface area contributed by atoms with E-state index in [1.165, 1.54) is 20.3 Å². The van der Waals surface area contributed by atoms with Gasteiger partial charge in [0.25, 0.3) is 5.91 Å². The van der Waals surface area contributed by atoms with E-state index in [1.54, 1.807) is 12.1 Å². The molecule has 0 aliphatic carbocycles. The molecule has 1 aliphatic heterocycles. The summed E-state index contributed by atoms with van der Waals surface area (Å²) in [5.41, 5.74) is 0.287. The average Bonchev–Trinajstić information content (AvgIpc) is 3.10. The Labute approximate surface area is 134 Å². The molecule has 1 aromatic carbocycles. The highest BCUT2D eigenvalue weighted by Gasteiger charge is 2.17. The predicted molar refractivity (Wildman–Crippen MR) is 81.8 cm³/mol. The summed E-state index contributed by atoms with van der Waals surface area (Å²) in [4.78, 5) is 23.6. The second-order valence-corrected chi connectivity index (χ2v) is 5.09. The van der Waals surface area contributed by atoms with Crippen LogP contribution in [0.1, 0.15) is 23.2 Å². The second-order valence-electron chi connectivity index (χ2n) is 5.09. The molecule has 1 heterocycles. The molecule has 1 fully saturated rings. The molecule has 0 saturated carbocycles. The summed E-state index contributed by atoms with van der Waals surface area (Å²) < 4.78 is 20.6. The number of esters is 1. The van der Waals surface area contributed by atoms with Crippen LogP contribution >= 0.6 is 0 Å². The molecule has 0 bridgehead atoms. The van der Waals surface area contributed by atoms with Crippen molar-refractivity contribution < 1.29 is 28.5 Å². The summed E-state index contributed by atoms with van der Waals surface area (Å²) in [6.07, 6.45) is 2.00. The molecule has 7 heteroatoms. The number of methoxy groups -OCH3 is 2. The maximum Gasteiger partial charge on any atom is 0.338 e. The van der Waals surface area contributed by atoms with Crippen molar-refractivity contribution in [3.8, 4) is 11.5 Å². The number of carbonyl (C=O) groups is 2. The van der Waals surface area contributed by atoms with Crippen molar-refractivity contribution in [2.45, 2.75) is 18.9 Å². The third-order valence-electron chi connectivity index (χ3n) is 3.50. The Bertz CT molecular complexity index is 554. The normalized spacial score (nSPS) is 16.7. The maximum atomic E-state index is 12.0. The number of carbonyl (C=O) groups excluding carboxylic acids is 2. The Morgan fingerprint density at radius 2 is 2.04 bits per heavy atom. The lowest BCUT2D eigenvalue weighted by Gasteiger charge is -2.11. The van der Waals surface area contributed by atoms with Crippen molar-refractivity contribution in [3.05, 3.63) is 23.8 Å². The first-order valence-corrected chi connectivity index (χ1v) is 7.41. The zero-order valence-electron chi connectivity index (χ0n) is 13.3. The van der Waals surface area contributed by atoms with Gasteiger partial charge in [-0.2, -0.15) is 0 Å². The van der Waals surface area contributed by atoms with Crippen LogP contribution in [0.3, 0.4) is 0 Å². The molecule has 0 radical (unpaired) electrons. The van der Waals surface area contributed by atoms with E-state index in [4.69, 9.17) is 18.9 Å². The standard InChI is InChI=1S/C16H21NO6/c1-20-13-6-5-11(8-14(13)21-2)16(19)23-10-15(18)17-9-12-4-3-7-22-12/h5-6,8,12H,3-4,7,9-10H2,1-2H3,(H,17,18)/t12-/m1/s1. The Kier molecular flexibility index (Phi) is 6.22. The van der Waals surface area contributed by atoms with Gasteiger partial charge in [-0.05, 0) is 31.0 Å². The molecule has 0 aromatic heterocycles. The SMILES string of the molecule is COc1ccc(C(=O)OCC(=O)NC[C@H]2CCCO2)cc1OC. The molecule has 1 aromatic rings. The Morgan fingerprint density at radius 3 is 2.70 bits per heavy atom. The third kappa shape index (κ3) is 4.85. The monoisotopic (exact) mass is 323 g/mol. The van der Waals surface area contributed by atoms with Crippen LogP contribution in [0.4, 0.5) is 0 Å². The van der Waals surface area contributed by atoms with Gasteiger partial charge in [-0.1, -0.05) is 0 Å². The first kappa shape index (κ1) is 17.1. The zero-order chi connectivity index (χ0) is 16.7. The number of rotatable bonds is 7. The highest BCUT2D eigenvalue weighted by Crippen LogP contribution is 2.27. The molecule has 1 atom stereocenters. The van der Waals surface area contributed by atoms with Gasteiger partial charge < -0.3 is 24.3 Å². The van der Waals surface area contributed by atoms with Gasteiger partial charge in [-0.15, -0.1) is 0 Å². The largest absolute Gasteiger partial charge is 0.493 e. The molecular formula is C16H21NO6. The number of amides is 1. The van der Waals surface area contributed by atoms with Crippen LogP contribution in [-0.4, -0.2) is 52.0 Å². The highest BCUT2D eigenvalue weighted by molar-refractivity contribution is 5.92. The third-order valence-corrected chi connectivity index (χ3v) is 3.50. The van der Waals surface area contributed by atoms with Gasteiger partial charge in [0.1, 0.15) is 0 Å². The fraction of sp³-hybridized carbons (Fsp3) is 0.500. The summed E-state index contributed by atoms with van der Waals surface area (Å²) in [7, 11) is 2.99. The smallest absolute Gasteiger partial charge is 0.338 e. The number of hydrogen-bond acceptors (Lipinski definition) is 6. The summed E-state index contributed by atoms with van der Waals surface area (Å²) >= 11 is 0. The Morgan fingerprint density at radius 1 is 1.26 bits per heavy atom. The van der Waals surface area contributed by atoms with Crippen LogP contribution in [0.25, 0.3) is 0 Å². The Hall–Kier alpha value is -2.28. The molecule has 23 heavy (non-hydrogen) atoms. The van der Waals surface area contributed by atoms with Crippen molar-refractivity contribution in [1.29, 1.82) is 0 Å². The van der Waals surface area contributed by atoms with E-state index in [9.17, 15) is 9.59 Å². The van der Waals surface area contributed by atoms with E-state index >= 15 is 0 Å². The molecule has 1 amide bonds. The lowest BCUT2D eigenvalue weighted by atomic mass is 10.2. The van der Waals surface area contributed by atoms with Crippen molar-refractivity contribution >= 4 is 11.9 Å². The van der Waals surface area contributed by atoms with Gasteiger partial charge in [-0.3, -0.25) is 4.79 Å². The van der Waals surface area contributed by atoms with Crippen LogP contribution in [0.5, 0.6) is 11.5 Å². The molecule has 0 unspecified atom stereocenters. The van der Waals surface area contributed by atoms with Crippen LogP contribution in [0.15, 0.2) is 18.2 Å². The zero-order valence-corrected chi connectivity index (χ0v) is 13.3. The van der Waals surface area contributed by atoms with Gasteiger partial charge in [0.2, 0.25) is 0 Å². The number of hydrogen-bond donors (Lipinski definition) is 1. The maximum absolute atomic E-state index is 12.0. The molecule has 126 valence electrons. The van der Waals surface area contributed by atoms with Crippen molar-refractivity contribution in [1.82, 2.24) is 5.32 Å². The highest BCUT2D eigenvalue weighted by atomic mass is 16.5. The molecular weight excluding hydrogens is 302 g/mol. The van der Waals surface area contributed by atoms with Gasteiger partial charge >= 0.3 is 5.97 Å². The van der Waals surface area contributed by atoms with Gasteiger partial charge in [0.15, 0.2) is 18.1 Å². The van der Waals surface area contributed by atoms with Crippen LogP contribution in [0, 0.1) is 0 Å². The number of ether oxygens (including phenoxy) is 4. The van der Waals surface area contributed by atoms with E-state index in [2.05, 4.69) is 5.32 Å². The fourth-order valence-electron chi connectivity index (χ4n) is 2.26. The lowest BCUT2D eigenvalue weighted by Crippen LogP contribution is -2.34. The summed E-state index contributed by atoms with van der Waals surface area (Å²) in [5, 5.41) is 2.69. The average molecular weight is 323 g/mol. The molecule has 7 nitrogen and oxygen atoms in total. The molecule has 1 saturated heterocycles. The predicted octanol–water partition coefficient (Wildman–Crippen LogP) is 1.16. The number of benzene rings is 1. The molecule has 0 spiro atoms. The minimum absolute atomic E-state index is 0.0560. The van der Waals surface area contributed by atoms with E-state index in [0.717, 1.165) is 19.4 Å². The van der Waals surface area contributed by atoms with E-state index in [1.807, 2.05) is 0 Å². The van der Waals surface area contributed by atoms with E-state index in [0.29, 0.717) is 18.0 Å². The summed E-state index contributed by atoms with van der Waals surface area (Å²) in [6, 6.07) is 4.66. The van der Waals surface area contributed by atoms with Gasteiger partial charge in [-0.25, -0.2) is 4.79 Å². The summed E-state index contributed by atoms with van der Waals surface area (Å²) in [5.74, 6) is -0.0179.